The molecule has 0 bridgehead atoms. The maximum Gasteiger partial charge on any atom is 0.331 e. The molecule has 104 valence electrons. The lowest BCUT2D eigenvalue weighted by Crippen LogP contribution is -2.37. The molecule has 2 rings (SSSR count). The number of fused-ring (bicyclic) bond motifs is 1. The van der Waals surface area contributed by atoms with E-state index in [0.717, 1.165) is 24.8 Å². The van der Waals surface area contributed by atoms with Crippen molar-refractivity contribution in [1.29, 1.82) is 0 Å². The van der Waals surface area contributed by atoms with E-state index in [1.54, 1.807) is 13.0 Å². The second kappa shape index (κ2) is 5.19. The predicted molar refractivity (Wildman–Crippen MR) is 70.6 cm³/mol. The van der Waals surface area contributed by atoms with Gasteiger partial charge in [-0.15, -0.1) is 0 Å². The lowest BCUT2D eigenvalue weighted by molar-refractivity contribution is -0.144. The minimum absolute atomic E-state index is 0.0163. The number of carbonyl (C=O) groups is 2. The maximum absolute atomic E-state index is 11.2. The average Bonchev–Trinajstić information content (AvgIpc) is 2.37. The SMILES string of the molecule is C=C1CCC(C(C)C(=O)O)C2C=C(C(=O)O)CCC12. The zero-order chi connectivity index (χ0) is 14.2. The predicted octanol–water partition coefficient (Wildman–Crippen LogP) is 2.71. The van der Waals surface area contributed by atoms with Crippen LogP contribution in [0.4, 0.5) is 0 Å². The fraction of sp³-hybridized carbons (Fsp3) is 0.600. The van der Waals surface area contributed by atoms with E-state index < -0.39 is 17.9 Å². The smallest absolute Gasteiger partial charge is 0.331 e. The van der Waals surface area contributed by atoms with Gasteiger partial charge in [0.1, 0.15) is 0 Å². The Bertz CT molecular complexity index is 449. The molecule has 0 amide bonds. The molecule has 0 saturated heterocycles. The van der Waals surface area contributed by atoms with E-state index >= 15 is 0 Å². The molecule has 4 nitrogen and oxygen atoms in total. The van der Waals surface area contributed by atoms with Crippen molar-refractivity contribution in [3.63, 3.8) is 0 Å². The van der Waals surface area contributed by atoms with E-state index in [1.807, 2.05) is 0 Å². The monoisotopic (exact) mass is 264 g/mol. The van der Waals surface area contributed by atoms with Crippen LogP contribution in [0.1, 0.15) is 32.6 Å². The molecule has 4 atom stereocenters. The summed E-state index contributed by atoms with van der Waals surface area (Å²) in [5.74, 6) is -1.83. The Balaban J connectivity index is 2.31. The molecule has 0 aromatic carbocycles. The van der Waals surface area contributed by atoms with Crippen molar-refractivity contribution in [2.24, 2.45) is 23.7 Å². The summed E-state index contributed by atoms with van der Waals surface area (Å²) in [7, 11) is 0. The minimum Gasteiger partial charge on any atom is -0.481 e. The fourth-order valence-corrected chi connectivity index (χ4v) is 3.51. The van der Waals surface area contributed by atoms with Gasteiger partial charge in [-0.2, -0.15) is 0 Å². The van der Waals surface area contributed by atoms with Gasteiger partial charge in [0.2, 0.25) is 0 Å². The van der Waals surface area contributed by atoms with Crippen LogP contribution in [0.25, 0.3) is 0 Å². The normalized spacial score (nSPS) is 32.2. The van der Waals surface area contributed by atoms with Gasteiger partial charge in [0, 0.05) is 5.57 Å². The van der Waals surface area contributed by atoms with E-state index in [2.05, 4.69) is 6.58 Å². The summed E-state index contributed by atoms with van der Waals surface area (Å²) in [6, 6.07) is 0. The first-order valence-electron chi connectivity index (χ1n) is 6.76. The molecule has 0 heterocycles. The molecule has 1 saturated carbocycles. The van der Waals surface area contributed by atoms with E-state index in [9.17, 15) is 14.7 Å². The van der Waals surface area contributed by atoms with Crippen molar-refractivity contribution in [1.82, 2.24) is 0 Å². The standard InChI is InChI=1S/C15H20O4/c1-8-3-5-12(9(2)14(16)17)13-7-10(15(18)19)4-6-11(8)13/h7,9,11-13H,1,3-6H2,2H3,(H,16,17)(H,18,19). The van der Waals surface area contributed by atoms with Gasteiger partial charge in [-0.25, -0.2) is 4.79 Å². The summed E-state index contributed by atoms with van der Waals surface area (Å²) in [5.41, 5.74) is 1.58. The van der Waals surface area contributed by atoms with Crippen LogP contribution >= 0.6 is 0 Å². The van der Waals surface area contributed by atoms with E-state index in [0.29, 0.717) is 12.0 Å². The van der Waals surface area contributed by atoms with Gasteiger partial charge in [0.15, 0.2) is 0 Å². The van der Waals surface area contributed by atoms with Crippen LogP contribution in [0, 0.1) is 23.7 Å². The van der Waals surface area contributed by atoms with Gasteiger partial charge in [0.25, 0.3) is 0 Å². The van der Waals surface area contributed by atoms with E-state index in [1.165, 1.54) is 0 Å². The maximum atomic E-state index is 11.2. The molecule has 0 spiro atoms. The Morgan fingerprint density at radius 1 is 1.32 bits per heavy atom. The summed E-state index contributed by atoms with van der Waals surface area (Å²) >= 11 is 0. The summed E-state index contributed by atoms with van der Waals surface area (Å²) in [6.45, 7) is 5.81. The van der Waals surface area contributed by atoms with Gasteiger partial charge in [0.05, 0.1) is 5.92 Å². The molecule has 0 aliphatic heterocycles. The number of carboxylic acids is 2. The summed E-state index contributed by atoms with van der Waals surface area (Å²) in [6.07, 6.45) is 4.79. The third-order valence-electron chi connectivity index (χ3n) is 4.71. The number of hydrogen-bond donors (Lipinski definition) is 2. The summed E-state index contributed by atoms with van der Waals surface area (Å²) in [5, 5.41) is 18.3. The molecule has 0 radical (unpaired) electrons. The number of allylic oxidation sites excluding steroid dienone is 2. The first-order valence-corrected chi connectivity index (χ1v) is 6.76. The quantitative estimate of drug-likeness (QED) is 0.768. The van der Waals surface area contributed by atoms with Gasteiger partial charge < -0.3 is 10.2 Å². The van der Waals surface area contributed by atoms with Crippen molar-refractivity contribution in [2.45, 2.75) is 32.6 Å². The lowest BCUT2D eigenvalue weighted by Gasteiger charge is -2.42. The van der Waals surface area contributed by atoms with Gasteiger partial charge in [-0.1, -0.05) is 25.2 Å². The van der Waals surface area contributed by atoms with Gasteiger partial charge in [-0.05, 0) is 43.4 Å². The summed E-state index contributed by atoms with van der Waals surface area (Å²) < 4.78 is 0. The third-order valence-corrected chi connectivity index (χ3v) is 4.71. The van der Waals surface area contributed by atoms with Crippen molar-refractivity contribution >= 4 is 11.9 Å². The Kier molecular flexibility index (Phi) is 3.78. The molecule has 19 heavy (non-hydrogen) atoms. The van der Waals surface area contributed by atoms with Crippen LogP contribution < -0.4 is 0 Å². The van der Waals surface area contributed by atoms with Crippen molar-refractivity contribution in [3.8, 4) is 0 Å². The zero-order valence-electron chi connectivity index (χ0n) is 11.1. The highest BCUT2D eigenvalue weighted by Gasteiger charge is 2.41. The molecule has 4 heteroatoms. The Morgan fingerprint density at radius 3 is 2.58 bits per heavy atom. The number of carboxylic acid groups (broad SMARTS) is 2. The Labute approximate surface area is 112 Å². The van der Waals surface area contributed by atoms with E-state index in [4.69, 9.17) is 5.11 Å². The lowest BCUT2D eigenvalue weighted by atomic mass is 9.62. The van der Waals surface area contributed by atoms with Gasteiger partial charge in [-0.3, -0.25) is 4.79 Å². The van der Waals surface area contributed by atoms with Crippen LogP contribution in [0.3, 0.4) is 0 Å². The highest BCUT2D eigenvalue weighted by Crippen LogP contribution is 2.47. The fourth-order valence-electron chi connectivity index (χ4n) is 3.51. The van der Waals surface area contributed by atoms with Crippen molar-refractivity contribution < 1.29 is 19.8 Å². The van der Waals surface area contributed by atoms with E-state index in [-0.39, 0.29) is 17.8 Å². The first-order chi connectivity index (χ1) is 8.91. The number of hydrogen-bond acceptors (Lipinski definition) is 2. The third kappa shape index (κ3) is 2.57. The van der Waals surface area contributed by atoms with Crippen LogP contribution in [-0.2, 0) is 9.59 Å². The second-order valence-corrected chi connectivity index (χ2v) is 5.71. The molecule has 4 unspecified atom stereocenters. The van der Waals surface area contributed by atoms with Crippen molar-refractivity contribution in [2.75, 3.05) is 0 Å². The first kappa shape index (κ1) is 13.8. The van der Waals surface area contributed by atoms with Crippen LogP contribution in [0.2, 0.25) is 0 Å². The van der Waals surface area contributed by atoms with Gasteiger partial charge >= 0.3 is 11.9 Å². The topological polar surface area (TPSA) is 74.6 Å². The van der Waals surface area contributed by atoms with Crippen LogP contribution in [0.5, 0.6) is 0 Å². The minimum atomic E-state index is -0.878. The van der Waals surface area contributed by atoms with Crippen LogP contribution in [0.15, 0.2) is 23.8 Å². The molecule has 2 N–H and O–H groups in total. The average molecular weight is 264 g/mol. The molecule has 0 aromatic rings. The highest BCUT2D eigenvalue weighted by atomic mass is 16.4. The van der Waals surface area contributed by atoms with Crippen LogP contribution in [-0.4, -0.2) is 22.2 Å². The molecule has 2 aliphatic carbocycles. The number of rotatable bonds is 3. The number of aliphatic carboxylic acids is 2. The zero-order valence-corrected chi connectivity index (χ0v) is 11.1. The Hall–Kier alpha value is -1.58. The summed E-state index contributed by atoms with van der Waals surface area (Å²) in [4.78, 5) is 22.3. The second-order valence-electron chi connectivity index (χ2n) is 5.71. The Morgan fingerprint density at radius 2 is 2.00 bits per heavy atom. The highest BCUT2D eigenvalue weighted by molar-refractivity contribution is 5.86. The molecular formula is C15H20O4. The molecule has 1 fully saturated rings. The molecular weight excluding hydrogens is 244 g/mol. The molecule has 0 aromatic heterocycles. The van der Waals surface area contributed by atoms with Crippen molar-refractivity contribution in [3.05, 3.63) is 23.8 Å². The molecule has 2 aliphatic rings. The largest absolute Gasteiger partial charge is 0.481 e.